The molecule has 0 saturated carbocycles. The SMILES string of the molecule is COc1ccc(CC(CN)CCN(C)C)cc1. The minimum Gasteiger partial charge on any atom is -0.497 e. The quantitative estimate of drug-likeness (QED) is 0.784. The molecule has 96 valence electrons. The highest BCUT2D eigenvalue weighted by Crippen LogP contribution is 2.16. The summed E-state index contributed by atoms with van der Waals surface area (Å²) in [5, 5.41) is 0. The Morgan fingerprint density at radius 3 is 2.35 bits per heavy atom. The summed E-state index contributed by atoms with van der Waals surface area (Å²) in [6.45, 7) is 1.85. The zero-order valence-corrected chi connectivity index (χ0v) is 11.1. The molecule has 0 saturated heterocycles. The molecule has 0 aliphatic heterocycles. The van der Waals surface area contributed by atoms with E-state index in [4.69, 9.17) is 10.5 Å². The zero-order valence-electron chi connectivity index (χ0n) is 11.1. The Hall–Kier alpha value is -1.06. The zero-order chi connectivity index (χ0) is 12.7. The van der Waals surface area contributed by atoms with Crippen LogP contribution in [0, 0.1) is 5.92 Å². The van der Waals surface area contributed by atoms with E-state index in [-0.39, 0.29) is 0 Å². The summed E-state index contributed by atoms with van der Waals surface area (Å²) in [5.41, 5.74) is 7.15. The first-order valence-electron chi connectivity index (χ1n) is 6.13. The molecule has 0 heterocycles. The van der Waals surface area contributed by atoms with E-state index in [2.05, 4.69) is 31.1 Å². The number of methoxy groups -OCH3 is 1. The highest BCUT2D eigenvalue weighted by Gasteiger charge is 2.08. The maximum absolute atomic E-state index is 5.82. The maximum Gasteiger partial charge on any atom is 0.118 e. The van der Waals surface area contributed by atoms with E-state index in [9.17, 15) is 0 Å². The monoisotopic (exact) mass is 236 g/mol. The first kappa shape index (κ1) is 14.0. The van der Waals surface area contributed by atoms with Crippen LogP contribution in [0.4, 0.5) is 0 Å². The standard InChI is InChI=1S/C14H24N2O/c1-16(2)9-8-13(11-15)10-12-4-6-14(17-3)7-5-12/h4-7,13H,8-11,15H2,1-3H3. The van der Waals surface area contributed by atoms with Gasteiger partial charge in [-0.2, -0.15) is 0 Å². The molecule has 3 heteroatoms. The number of rotatable bonds is 7. The minimum atomic E-state index is 0.561. The van der Waals surface area contributed by atoms with Crippen LogP contribution in [0.15, 0.2) is 24.3 Å². The minimum absolute atomic E-state index is 0.561. The lowest BCUT2D eigenvalue weighted by molar-refractivity contribution is 0.351. The van der Waals surface area contributed by atoms with Crippen LogP contribution in [0.3, 0.4) is 0 Å². The Bertz CT molecular complexity index is 309. The van der Waals surface area contributed by atoms with Crippen molar-refractivity contribution in [2.24, 2.45) is 11.7 Å². The molecule has 0 aliphatic carbocycles. The van der Waals surface area contributed by atoms with Gasteiger partial charge in [-0.1, -0.05) is 12.1 Å². The molecule has 0 spiro atoms. The summed E-state index contributed by atoms with van der Waals surface area (Å²) in [4.78, 5) is 2.21. The molecule has 17 heavy (non-hydrogen) atoms. The molecule has 0 aromatic heterocycles. The predicted octanol–water partition coefficient (Wildman–Crippen LogP) is 1.76. The van der Waals surface area contributed by atoms with Crippen LogP contribution in [0.1, 0.15) is 12.0 Å². The van der Waals surface area contributed by atoms with E-state index in [1.807, 2.05) is 12.1 Å². The molecule has 0 amide bonds. The first-order valence-corrected chi connectivity index (χ1v) is 6.13. The molecule has 2 N–H and O–H groups in total. The molecule has 0 fully saturated rings. The van der Waals surface area contributed by atoms with Crippen molar-refractivity contribution in [3.63, 3.8) is 0 Å². The van der Waals surface area contributed by atoms with Crippen LogP contribution < -0.4 is 10.5 Å². The Labute approximate surface area is 105 Å². The van der Waals surface area contributed by atoms with E-state index in [1.54, 1.807) is 7.11 Å². The highest BCUT2D eigenvalue weighted by atomic mass is 16.5. The van der Waals surface area contributed by atoms with E-state index in [0.29, 0.717) is 5.92 Å². The van der Waals surface area contributed by atoms with Crippen LogP contribution in [-0.2, 0) is 6.42 Å². The van der Waals surface area contributed by atoms with Gasteiger partial charge in [0.25, 0.3) is 0 Å². The fraction of sp³-hybridized carbons (Fsp3) is 0.571. The van der Waals surface area contributed by atoms with Gasteiger partial charge in [0, 0.05) is 0 Å². The van der Waals surface area contributed by atoms with Crippen LogP contribution in [-0.4, -0.2) is 39.2 Å². The number of benzene rings is 1. The average Bonchev–Trinajstić information content (AvgIpc) is 2.35. The van der Waals surface area contributed by atoms with Crippen LogP contribution in [0.25, 0.3) is 0 Å². The number of nitrogens with zero attached hydrogens (tertiary/aromatic N) is 1. The molecule has 0 aliphatic rings. The Balaban J connectivity index is 2.48. The average molecular weight is 236 g/mol. The van der Waals surface area contributed by atoms with Crippen LogP contribution >= 0.6 is 0 Å². The van der Waals surface area contributed by atoms with E-state index in [1.165, 1.54) is 5.56 Å². The molecular formula is C14H24N2O. The summed E-state index contributed by atoms with van der Waals surface area (Å²) in [6.07, 6.45) is 2.20. The van der Waals surface area contributed by atoms with E-state index >= 15 is 0 Å². The smallest absolute Gasteiger partial charge is 0.118 e. The lowest BCUT2D eigenvalue weighted by atomic mass is 9.96. The third-order valence-electron chi connectivity index (χ3n) is 3.00. The number of ether oxygens (including phenoxy) is 1. The van der Waals surface area contributed by atoms with Crippen molar-refractivity contribution in [3.8, 4) is 5.75 Å². The molecule has 3 nitrogen and oxygen atoms in total. The summed E-state index contributed by atoms with van der Waals surface area (Å²) in [7, 11) is 5.89. The fourth-order valence-corrected chi connectivity index (χ4v) is 1.84. The van der Waals surface area contributed by atoms with Gasteiger partial charge in [0.1, 0.15) is 5.75 Å². The van der Waals surface area contributed by atoms with Gasteiger partial charge in [-0.25, -0.2) is 0 Å². The molecule has 1 atom stereocenters. The summed E-state index contributed by atoms with van der Waals surface area (Å²) < 4.78 is 5.15. The summed E-state index contributed by atoms with van der Waals surface area (Å²) in [6, 6.07) is 8.26. The summed E-state index contributed by atoms with van der Waals surface area (Å²) in [5.74, 6) is 1.47. The fourth-order valence-electron chi connectivity index (χ4n) is 1.84. The van der Waals surface area contributed by atoms with Crippen molar-refractivity contribution in [2.75, 3.05) is 34.3 Å². The summed E-state index contributed by atoms with van der Waals surface area (Å²) >= 11 is 0. The molecule has 1 unspecified atom stereocenters. The van der Waals surface area contributed by atoms with Crippen molar-refractivity contribution in [1.29, 1.82) is 0 Å². The second-order valence-corrected chi connectivity index (χ2v) is 4.75. The number of hydrogen-bond donors (Lipinski definition) is 1. The molecule has 1 rings (SSSR count). The lowest BCUT2D eigenvalue weighted by Gasteiger charge is -2.17. The van der Waals surface area contributed by atoms with Crippen LogP contribution in [0.5, 0.6) is 5.75 Å². The number of hydrogen-bond acceptors (Lipinski definition) is 3. The first-order chi connectivity index (χ1) is 8.15. The molecule has 1 aromatic carbocycles. The second-order valence-electron chi connectivity index (χ2n) is 4.75. The largest absolute Gasteiger partial charge is 0.497 e. The van der Waals surface area contributed by atoms with Gasteiger partial charge in [-0.15, -0.1) is 0 Å². The molecule has 0 radical (unpaired) electrons. The molecular weight excluding hydrogens is 212 g/mol. The van der Waals surface area contributed by atoms with Crippen molar-refractivity contribution >= 4 is 0 Å². The van der Waals surface area contributed by atoms with Gasteiger partial charge < -0.3 is 15.4 Å². The maximum atomic E-state index is 5.82. The van der Waals surface area contributed by atoms with Crippen molar-refractivity contribution < 1.29 is 4.74 Å². The van der Waals surface area contributed by atoms with Gasteiger partial charge in [0.05, 0.1) is 7.11 Å². The van der Waals surface area contributed by atoms with Crippen molar-refractivity contribution in [3.05, 3.63) is 29.8 Å². The van der Waals surface area contributed by atoms with E-state index in [0.717, 1.165) is 31.7 Å². The Morgan fingerprint density at radius 1 is 1.24 bits per heavy atom. The van der Waals surface area contributed by atoms with Crippen LogP contribution in [0.2, 0.25) is 0 Å². The Morgan fingerprint density at radius 2 is 1.88 bits per heavy atom. The Kier molecular flexibility index (Phi) is 6.01. The van der Waals surface area contributed by atoms with Crippen molar-refractivity contribution in [1.82, 2.24) is 4.90 Å². The normalized spacial score (nSPS) is 12.8. The third kappa shape index (κ3) is 5.20. The van der Waals surface area contributed by atoms with E-state index < -0.39 is 0 Å². The van der Waals surface area contributed by atoms with Gasteiger partial charge in [0.2, 0.25) is 0 Å². The van der Waals surface area contributed by atoms with Gasteiger partial charge in [-0.3, -0.25) is 0 Å². The molecule has 1 aromatic rings. The second kappa shape index (κ2) is 7.30. The molecule has 0 bridgehead atoms. The van der Waals surface area contributed by atoms with Crippen molar-refractivity contribution in [2.45, 2.75) is 12.8 Å². The number of nitrogens with two attached hydrogens (primary N) is 1. The highest BCUT2D eigenvalue weighted by molar-refractivity contribution is 5.27. The van der Waals surface area contributed by atoms with Gasteiger partial charge in [-0.05, 0) is 63.6 Å². The lowest BCUT2D eigenvalue weighted by Crippen LogP contribution is -2.23. The van der Waals surface area contributed by atoms with Gasteiger partial charge >= 0.3 is 0 Å². The topological polar surface area (TPSA) is 38.5 Å². The predicted molar refractivity (Wildman–Crippen MR) is 72.4 cm³/mol. The van der Waals surface area contributed by atoms with Gasteiger partial charge in [0.15, 0.2) is 0 Å². The third-order valence-corrected chi connectivity index (χ3v) is 3.00.